The molecule has 154 valence electrons. The number of nitrogens with zero attached hydrogens (tertiary/aromatic N) is 1. The van der Waals surface area contributed by atoms with Crippen molar-refractivity contribution < 1.29 is 17.9 Å². The summed E-state index contributed by atoms with van der Waals surface area (Å²) in [4.78, 5) is 12.0. The highest BCUT2D eigenvalue weighted by molar-refractivity contribution is 7.93. The van der Waals surface area contributed by atoms with Crippen LogP contribution in [0.2, 0.25) is 0 Å². The molecule has 29 heavy (non-hydrogen) atoms. The van der Waals surface area contributed by atoms with Crippen LogP contribution < -0.4 is 14.4 Å². The number of hydrogen-bond acceptors (Lipinski definition) is 4. The van der Waals surface area contributed by atoms with Crippen LogP contribution in [0.3, 0.4) is 0 Å². The van der Waals surface area contributed by atoms with Crippen molar-refractivity contribution in [2.24, 2.45) is 0 Å². The molecule has 1 aliphatic heterocycles. The molecule has 0 spiro atoms. The maximum Gasteiger partial charge on any atom is 0.244 e. The van der Waals surface area contributed by atoms with E-state index in [9.17, 15) is 13.2 Å². The second-order valence-electron chi connectivity index (χ2n) is 7.13. The minimum Gasteiger partial charge on any atom is -0.492 e. The van der Waals surface area contributed by atoms with E-state index in [-0.39, 0.29) is 11.7 Å². The molecule has 6 nitrogen and oxygen atoms in total. The summed E-state index contributed by atoms with van der Waals surface area (Å²) in [5.74, 6) is 0.787. The molecular weight excluding hydrogens is 388 g/mol. The lowest BCUT2D eigenvalue weighted by Crippen LogP contribution is -2.26. The molecule has 0 unspecified atom stereocenters. The summed E-state index contributed by atoms with van der Waals surface area (Å²) in [6, 6.07) is 13.1. The highest BCUT2D eigenvalue weighted by Crippen LogP contribution is 2.24. The van der Waals surface area contributed by atoms with Crippen LogP contribution in [0.1, 0.15) is 23.1 Å². The lowest BCUT2D eigenvalue weighted by Gasteiger charge is -2.16. The van der Waals surface area contributed by atoms with Gasteiger partial charge in [-0.2, -0.15) is 0 Å². The first-order valence-electron chi connectivity index (χ1n) is 9.61. The van der Waals surface area contributed by atoms with Gasteiger partial charge in [0.15, 0.2) is 0 Å². The maximum atomic E-state index is 12.0. The van der Waals surface area contributed by atoms with Crippen LogP contribution in [0, 0.1) is 13.8 Å². The van der Waals surface area contributed by atoms with Crippen LogP contribution in [0.4, 0.5) is 5.69 Å². The molecule has 1 saturated heterocycles. The van der Waals surface area contributed by atoms with Gasteiger partial charge in [-0.15, -0.1) is 0 Å². The van der Waals surface area contributed by atoms with E-state index < -0.39 is 10.0 Å². The van der Waals surface area contributed by atoms with Crippen molar-refractivity contribution in [1.82, 2.24) is 5.32 Å². The van der Waals surface area contributed by atoms with E-state index in [4.69, 9.17) is 4.74 Å². The lowest BCUT2D eigenvalue weighted by atomic mass is 10.1. The second-order valence-corrected chi connectivity index (χ2v) is 9.14. The van der Waals surface area contributed by atoms with Crippen LogP contribution in [-0.2, 0) is 14.8 Å². The van der Waals surface area contributed by atoms with Crippen molar-refractivity contribution in [3.63, 3.8) is 0 Å². The zero-order valence-corrected chi connectivity index (χ0v) is 17.5. The number of nitrogens with one attached hydrogen (secondary N) is 1. The van der Waals surface area contributed by atoms with E-state index in [1.54, 1.807) is 30.3 Å². The maximum absolute atomic E-state index is 12.0. The highest BCUT2D eigenvalue weighted by Gasteiger charge is 2.28. The second kappa shape index (κ2) is 9.13. The van der Waals surface area contributed by atoms with Crippen LogP contribution >= 0.6 is 0 Å². The molecule has 1 N–H and O–H groups in total. The van der Waals surface area contributed by atoms with Gasteiger partial charge in [0.25, 0.3) is 0 Å². The first kappa shape index (κ1) is 20.9. The predicted octanol–water partition coefficient (Wildman–Crippen LogP) is 3.05. The van der Waals surface area contributed by atoms with Crippen LogP contribution in [0.15, 0.2) is 48.5 Å². The summed E-state index contributed by atoms with van der Waals surface area (Å²) in [5.41, 5.74) is 3.76. The van der Waals surface area contributed by atoms with E-state index in [1.807, 2.05) is 26.0 Å². The van der Waals surface area contributed by atoms with Crippen molar-refractivity contribution in [2.45, 2.75) is 20.3 Å². The highest BCUT2D eigenvalue weighted by atomic mass is 32.2. The summed E-state index contributed by atoms with van der Waals surface area (Å²) in [6.07, 6.45) is 3.80. The fourth-order valence-electron chi connectivity index (χ4n) is 3.27. The van der Waals surface area contributed by atoms with Crippen molar-refractivity contribution in [3.05, 3.63) is 65.2 Å². The molecule has 3 rings (SSSR count). The van der Waals surface area contributed by atoms with Gasteiger partial charge in [-0.1, -0.05) is 18.2 Å². The first-order valence-corrected chi connectivity index (χ1v) is 11.2. The molecule has 0 radical (unpaired) electrons. The molecule has 1 amide bonds. The number of sulfonamides is 1. The van der Waals surface area contributed by atoms with Gasteiger partial charge < -0.3 is 10.1 Å². The number of carbonyl (C=O) groups excluding carboxylic acids is 1. The number of anilines is 1. The topological polar surface area (TPSA) is 75.7 Å². The van der Waals surface area contributed by atoms with Gasteiger partial charge in [0, 0.05) is 12.6 Å². The van der Waals surface area contributed by atoms with Crippen molar-refractivity contribution in [1.29, 1.82) is 0 Å². The third-order valence-corrected chi connectivity index (χ3v) is 6.44. The van der Waals surface area contributed by atoms with Crippen LogP contribution in [-0.4, -0.2) is 39.8 Å². The summed E-state index contributed by atoms with van der Waals surface area (Å²) in [6.45, 7) is 5.35. The van der Waals surface area contributed by atoms with Gasteiger partial charge in [0.05, 0.1) is 18.0 Å². The van der Waals surface area contributed by atoms with Crippen LogP contribution in [0.25, 0.3) is 6.08 Å². The van der Waals surface area contributed by atoms with E-state index >= 15 is 0 Å². The number of hydrogen-bond donors (Lipinski definition) is 1. The van der Waals surface area contributed by atoms with E-state index in [1.165, 1.54) is 10.4 Å². The Morgan fingerprint density at radius 1 is 1.14 bits per heavy atom. The molecule has 2 aromatic rings. The molecular formula is C22H26N2O4S. The molecule has 2 aromatic carbocycles. The van der Waals surface area contributed by atoms with Crippen LogP contribution in [0.5, 0.6) is 5.75 Å². The Balaban J connectivity index is 1.45. The molecule has 1 aliphatic rings. The number of benzene rings is 2. The Kier molecular flexibility index (Phi) is 6.59. The quantitative estimate of drug-likeness (QED) is 0.558. The summed E-state index contributed by atoms with van der Waals surface area (Å²) in [7, 11) is -3.18. The number of rotatable bonds is 7. The molecule has 1 fully saturated rings. The Morgan fingerprint density at radius 3 is 2.45 bits per heavy atom. The molecule has 7 heteroatoms. The largest absolute Gasteiger partial charge is 0.492 e. The van der Waals surface area contributed by atoms with E-state index in [0.717, 1.165) is 22.4 Å². The summed E-state index contributed by atoms with van der Waals surface area (Å²) >= 11 is 0. The Labute approximate surface area is 172 Å². The predicted molar refractivity (Wildman–Crippen MR) is 116 cm³/mol. The number of carbonyl (C=O) groups is 1. The van der Waals surface area contributed by atoms with Gasteiger partial charge in [0.1, 0.15) is 12.4 Å². The SMILES string of the molecule is Cc1cc(C)cc(OCCNC(=O)/C=C/c2ccc(N3CCCS3(=O)=O)cc2)c1. The normalized spacial score (nSPS) is 15.6. The fraction of sp³-hybridized carbons (Fsp3) is 0.318. The van der Waals surface area contributed by atoms with Crippen molar-refractivity contribution >= 4 is 27.7 Å². The average molecular weight is 415 g/mol. The zero-order chi connectivity index (χ0) is 20.9. The zero-order valence-electron chi connectivity index (χ0n) is 16.7. The van der Waals surface area contributed by atoms with Gasteiger partial charge >= 0.3 is 0 Å². The molecule has 0 saturated carbocycles. The van der Waals surface area contributed by atoms with E-state index in [0.29, 0.717) is 31.8 Å². The minimum atomic E-state index is -3.18. The van der Waals surface area contributed by atoms with E-state index in [2.05, 4.69) is 11.4 Å². The minimum absolute atomic E-state index is 0.196. The van der Waals surface area contributed by atoms with Gasteiger partial charge in [0.2, 0.25) is 15.9 Å². The molecule has 1 heterocycles. The lowest BCUT2D eigenvalue weighted by molar-refractivity contribution is -0.116. The third kappa shape index (κ3) is 5.84. The van der Waals surface area contributed by atoms with Crippen molar-refractivity contribution in [2.75, 3.05) is 29.8 Å². The number of aryl methyl sites for hydroxylation is 2. The van der Waals surface area contributed by atoms with Crippen molar-refractivity contribution in [3.8, 4) is 5.75 Å². The molecule has 0 aromatic heterocycles. The summed E-state index contributed by atoms with van der Waals surface area (Å²) in [5, 5.41) is 2.78. The Hall–Kier alpha value is -2.80. The number of amides is 1. The molecule has 0 bridgehead atoms. The first-order chi connectivity index (χ1) is 13.8. The smallest absolute Gasteiger partial charge is 0.244 e. The monoisotopic (exact) mass is 414 g/mol. The molecule has 0 atom stereocenters. The van der Waals surface area contributed by atoms with Gasteiger partial charge in [-0.3, -0.25) is 9.10 Å². The summed E-state index contributed by atoms with van der Waals surface area (Å²) < 4.78 is 31.0. The average Bonchev–Trinajstić information content (AvgIpc) is 3.02. The fourth-order valence-corrected chi connectivity index (χ4v) is 4.84. The third-order valence-electron chi connectivity index (χ3n) is 4.57. The Bertz CT molecular complexity index is 978. The van der Waals surface area contributed by atoms with Gasteiger partial charge in [-0.05, 0) is 67.3 Å². The molecule has 0 aliphatic carbocycles. The Morgan fingerprint density at radius 2 is 1.83 bits per heavy atom. The standard InChI is InChI=1S/C22H26N2O4S/c1-17-14-18(2)16-21(15-17)28-12-10-23-22(25)9-6-19-4-7-20(8-5-19)24-11-3-13-29(24,26)27/h4-9,14-16H,3,10-13H2,1-2H3,(H,23,25)/b9-6+. The van der Waals surface area contributed by atoms with Gasteiger partial charge in [-0.25, -0.2) is 8.42 Å². The number of ether oxygens (including phenoxy) is 1.